The first-order valence-corrected chi connectivity index (χ1v) is 8.05. The van der Waals surface area contributed by atoms with Gasteiger partial charge in [0.05, 0.1) is 0 Å². The van der Waals surface area contributed by atoms with Gasteiger partial charge in [-0.15, -0.1) is 0 Å². The topological polar surface area (TPSA) is 90.9 Å². The van der Waals surface area contributed by atoms with Crippen LogP contribution in [0.5, 0.6) is 0 Å². The molecule has 0 bridgehead atoms. The molecule has 5 nitrogen and oxygen atoms in total. The van der Waals surface area contributed by atoms with Gasteiger partial charge in [-0.1, -0.05) is 32.0 Å². The van der Waals surface area contributed by atoms with Crippen LogP contribution in [0.25, 0.3) is 0 Å². The molecule has 0 atom stereocenters. The van der Waals surface area contributed by atoms with Crippen molar-refractivity contribution in [2.24, 2.45) is 0 Å². The molecule has 0 aliphatic heterocycles. The molecule has 0 saturated heterocycles. The van der Waals surface area contributed by atoms with Crippen LogP contribution in [0.1, 0.15) is 30.9 Å². The Morgan fingerprint density at radius 3 is 2.48 bits per heavy atom. The second-order valence-electron chi connectivity index (χ2n) is 6.08. The lowest BCUT2D eigenvalue weighted by Gasteiger charge is -2.16. The Bertz CT molecular complexity index is 830. The molecule has 0 saturated carbocycles. The predicted octanol–water partition coefficient (Wildman–Crippen LogP) is 4.16. The molecule has 4 N–H and O–H groups in total. The Morgan fingerprint density at radius 1 is 1.20 bits per heavy atom. The summed E-state index contributed by atoms with van der Waals surface area (Å²) in [7, 11) is 0. The van der Waals surface area contributed by atoms with Crippen molar-refractivity contribution in [3.8, 4) is 6.07 Å². The Labute approximate surface area is 148 Å². The molecule has 128 valence electrons. The fourth-order valence-corrected chi connectivity index (χ4v) is 2.41. The van der Waals surface area contributed by atoms with Gasteiger partial charge in [0.2, 0.25) is 0 Å². The molecule has 0 fully saturated rings. The molecule has 0 unspecified atom stereocenters. The standard InChI is InChI=1S/C20H22N4O/c1-13(2)18-6-4-5-14(3)19(18)24-20(25)15(11-21)12-23-17-9-7-16(22)8-10-17/h4-10,12-13,23H,22H2,1-3H3,(H,24,25)/b15-12-. The van der Waals surface area contributed by atoms with E-state index in [1.54, 1.807) is 24.3 Å². The largest absolute Gasteiger partial charge is 0.399 e. The quantitative estimate of drug-likeness (QED) is 0.435. The Hall–Kier alpha value is -3.26. The molecule has 0 heterocycles. The third-order valence-electron chi connectivity index (χ3n) is 3.82. The Morgan fingerprint density at radius 2 is 1.88 bits per heavy atom. The van der Waals surface area contributed by atoms with Gasteiger partial charge in [0, 0.05) is 23.3 Å². The van der Waals surface area contributed by atoms with E-state index < -0.39 is 5.91 Å². The number of nitrogen functional groups attached to an aromatic ring is 1. The van der Waals surface area contributed by atoms with Crippen LogP contribution in [-0.4, -0.2) is 5.91 Å². The fourth-order valence-electron chi connectivity index (χ4n) is 2.41. The van der Waals surface area contributed by atoms with Gasteiger partial charge in [-0.25, -0.2) is 0 Å². The van der Waals surface area contributed by atoms with Gasteiger partial charge in [0.25, 0.3) is 5.91 Å². The van der Waals surface area contributed by atoms with Crippen molar-refractivity contribution in [3.63, 3.8) is 0 Å². The van der Waals surface area contributed by atoms with E-state index in [2.05, 4.69) is 24.5 Å². The van der Waals surface area contributed by atoms with Crippen molar-refractivity contribution >= 4 is 23.0 Å². The summed E-state index contributed by atoms with van der Waals surface area (Å²) >= 11 is 0. The number of amides is 1. The number of rotatable bonds is 5. The normalized spacial score (nSPS) is 11.1. The van der Waals surface area contributed by atoms with E-state index >= 15 is 0 Å². The molecule has 2 rings (SSSR count). The highest BCUT2D eigenvalue weighted by atomic mass is 16.1. The lowest BCUT2D eigenvalue weighted by Crippen LogP contribution is -2.17. The third kappa shape index (κ3) is 4.61. The van der Waals surface area contributed by atoms with E-state index in [4.69, 9.17) is 5.73 Å². The first kappa shape index (κ1) is 18.1. The number of hydrogen-bond acceptors (Lipinski definition) is 4. The summed E-state index contributed by atoms with van der Waals surface area (Å²) in [4.78, 5) is 12.5. The Balaban J connectivity index is 2.20. The number of para-hydroxylation sites is 1. The van der Waals surface area contributed by atoms with Crippen molar-refractivity contribution < 1.29 is 4.79 Å². The van der Waals surface area contributed by atoms with Crippen LogP contribution in [0.4, 0.5) is 17.1 Å². The molecule has 0 aliphatic carbocycles. The minimum atomic E-state index is -0.443. The van der Waals surface area contributed by atoms with Gasteiger partial charge < -0.3 is 16.4 Å². The average molecular weight is 334 g/mol. The molecular weight excluding hydrogens is 312 g/mol. The SMILES string of the molecule is Cc1cccc(C(C)C)c1NC(=O)/C(C#N)=C\Nc1ccc(N)cc1. The molecule has 2 aromatic carbocycles. The number of anilines is 3. The van der Waals surface area contributed by atoms with Crippen LogP contribution in [0.15, 0.2) is 54.2 Å². The second-order valence-corrected chi connectivity index (χ2v) is 6.08. The molecule has 0 aliphatic rings. The lowest BCUT2D eigenvalue weighted by molar-refractivity contribution is -0.112. The number of carbonyl (C=O) groups excluding carboxylic acids is 1. The van der Waals surface area contributed by atoms with Gasteiger partial charge in [0.15, 0.2) is 0 Å². The van der Waals surface area contributed by atoms with Gasteiger partial charge >= 0.3 is 0 Å². The molecule has 25 heavy (non-hydrogen) atoms. The molecule has 0 radical (unpaired) electrons. The number of nitrogens with zero attached hydrogens (tertiary/aromatic N) is 1. The number of nitrogens with two attached hydrogens (primary N) is 1. The minimum absolute atomic E-state index is 0.00483. The summed E-state index contributed by atoms with van der Waals surface area (Å²) in [5.41, 5.74) is 9.78. The maximum atomic E-state index is 12.5. The fraction of sp³-hybridized carbons (Fsp3) is 0.200. The highest BCUT2D eigenvalue weighted by Gasteiger charge is 2.15. The zero-order valence-corrected chi connectivity index (χ0v) is 14.6. The third-order valence-corrected chi connectivity index (χ3v) is 3.82. The summed E-state index contributed by atoms with van der Waals surface area (Å²) in [6.45, 7) is 6.06. The van der Waals surface area contributed by atoms with Gasteiger partial charge in [0.1, 0.15) is 11.6 Å². The molecule has 0 spiro atoms. The van der Waals surface area contributed by atoms with Crippen LogP contribution in [0.3, 0.4) is 0 Å². The average Bonchev–Trinajstić information content (AvgIpc) is 2.58. The van der Waals surface area contributed by atoms with Crippen molar-refractivity contribution in [1.82, 2.24) is 0 Å². The van der Waals surface area contributed by atoms with Crippen LogP contribution < -0.4 is 16.4 Å². The summed E-state index contributed by atoms with van der Waals surface area (Å²) in [6.07, 6.45) is 1.40. The van der Waals surface area contributed by atoms with Crippen LogP contribution in [0, 0.1) is 18.3 Å². The summed E-state index contributed by atoms with van der Waals surface area (Å²) in [5, 5.41) is 15.1. The number of carbonyl (C=O) groups is 1. The van der Waals surface area contributed by atoms with Crippen molar-refractivity contribution in [2.75, 3.05) is 16.4 Å². The van der Waals surface area contributed by atoms with Gasteiger partial charge in [-0.05, 0) is 48.2 Å². The summed E-state index contributed by atoms with van der Waals surface area (Å²) in [5.74, 6) is -0.181. The number of hydrogen-bond donors (Lipinski definition) is 3. The highest BCUT2D eigenvalue weighted by molar-refractivity contribution is 6.07. The van der Waals surface area contributed by atoms with Crippen molar-refractivity contribution in [1.29, 1.82) is 5.26 Å². The molecular formula is C20H22N4O. The number of aryl methyl sites for hydroxylation is 1. The number of benzene rings is 2. The maximum absolute atomic E-state index is 12.5. The first-order valence-electron chi connectivity index (χ1n) is 8.05. The van der Waals surface area contributed by atoms with Crippen molar-refractivity contribution in [2.45, 2.75) is 26.7 Å². The molecule has 5 heteroatoms. The smallest absolute Gasteiger partial charge is 0.267 e. The van der Waals surface area contributed by atoms with Gasteiger partial charge in [-0.3, -0.25) is 4.79 Å². The summed E-state index contributed by atoms with van der Waals surface area (Å²) < 4.78 is 0. The zero-order chi connectivity index (χ0) is 18.4. The Kier molecular flexibility index (Phi) is 5.80. The minimum Gasteiger partial charge on any atom is -0.399 e. The van der Waals surface area contributed by atoms with Gasteiger partial charge in [-0.2, -0.15) is 5.26 Å². The predicted molar refractivity (Wildman–Crippen MR) is 102 cm³/mol. The van der Waals surface area contributed by atoms with Crippen LogP contribution >= 0.6 is 0 Å². The van der Waals surface area contributed by atoms with Crippen molar-refractivity contribution in [3.05, 3.63) is 65.4 Å². The van der Waals surface area contributed by atoms with E-state index in [1.165, 1.54) is 6.20 Å². The number of nitrogens with one attached hydrogen (secondary N) is 2. The van der Waals surface area contributed by atoms with E-state index in [9.17, 15) is 10.1 Å². The van der Waals surface area contributed by atoms with E-state index in [0.717, 1.165) is 22.5 Å². The maximum Gasteiger partial charge on any atom is 0.267 e. The van der Waals surface area contributed by atoms with Crippen LogP contribution in [0.2, 0.25) is 0 Å². The molecule has 2 aromatic rings. The molecule has 0 aromatic heterocycles. The highest BCUT2D eigenvalue weighted by Crippen LogP contribution is 2.27. The second kappa shape index (κ2) is 8.02. The first-order chi connectivity index (χ1) is 11.9. The molecule has 1 amide bonds. The summed E-state index contributed by atoms with van der Waals surface area (Å²) in [6, 6.07) is 14.8. The van der Waals surface area contributed by atoms with E-state index in [1.807, 2.05) is 31.2 Å². The van der Waals surface area contributed by atoms with E-state index in [0.29, 0.717) is 5.69 Å². The van der Waals surface area contributed by atoms with Crippen LogP contribution in [-0.2, 0) is 4.79 Å². The van der Waals surface area contributed by atoms with E-state index in [-0.39, 0.29) is 11.5 Å². The monoisotopic (exact) mass is 334 g/mol. The lowest BCUT2D eigenvalue weighted by atomic mass is 9.98. The number of nitriles is 1. The zero-order valence-electron chi connectivity index (χ0n) is 14.6.